The van der Waals surface area contributed by atoms with Crippen LogP contribution in [0.3, 0.4) is 0 Å². The van der Waals surface area contributed by atoms with E-state index in [0.29, 0.717) is 4.99 Å². The van der Waals surface area contributed by atoms with Gasteiger partial charge in [0.15, 0.2) is 0 Å². The average molecular weight is 221 g/mol. The van der Waals surface area contributed by atoms with E-state index in [-0.39, 0.29) is 0 Å². The summed E-state index contributed by atoms with van der Waals surface area (Å²) in [6, 6.07) is 4.48. The maximum absolute atomic E-state index is 5.49. The quantitative estimate of drug-likeness (QED) is 0.790. The van der Waals surface area contributed by atoms with Gasteiger partial charge < -0.3 is 5.73 Å². The number of hydrogen-bond acceptors (Lipinski definition) is 1. The zero-order valence-corrected chi connectivity index (χ0v) is 10.6. The van der Waals surface area contributed by atoms with Gasteiger partial charge in [-0.3, -0.25) is 0 Å². The molecule has 2 N–H and O–H groups in total. The first-order valence-electron chi connectivity index (χ1n) is 5.35. The Kier molecular flexibility index (Phi) is 4.28. The zero-order valence-electron chi connectivity index (χ0n) is 9.76. The van der Waals surface area contributed by atoms with E-state index in [9.17, 15) is 0 Å². The first-order chi connectivity index (χ1) is 7.00. The Balaban J connectivity index is 2.72. The van der Waals surface area contributed by atoms with Gasteiger partial charge >= 0.3 is 0 Å². The summed E-state index contributed by atoms with van der Waals surface area (Å²) in [5, 5.41) is 0. The number of nitrogens with two attached hydrogens (primary N) is 1. The van der Waals surface area contributed by atoms with Crippen LogP contribution in [0.5, 0.6) is 0 Å². The third kappa shape index (κ3) is 3.63. The number of aryl methyl sites for hydroxylation is 3. The van der Waals surface area contributed by atoms with Gasteiger partial charge in [0.25, 0.3) is 0 Å². The summed E-state index contributed by atoms with van der Waals surface area (Å²) in [4.78, 5) is 0.623. The zero-order chi connectivity index (χ0) is 11.4. The molecule has 0 saturated carbocycles. The van der Waals surface area contributed by atoms with Crippen LogP contribution in [0, 0.1) is 20.8 Å². The highest BCUT2D eigenvalue weighted by molar-refractivity contribution is 7.80. The van der Waals surface area contributed by atoms with Crippen LogP contribution >= 0.6 is 12.2 Å². The molecule has 0 saturated heterocycles. The van der Waals surface area contributed by atoms with Gasteiger partial charge in [0.1, 0.15) is 0 Å². The van der Waals surface area contributed by atoms with Crippen LogP contribution in [-0.4, -0.2) is 4.99 Å². The molecule has 1 nitrogen and oxygen atoms in total. The second-order valence-corrected chi connectivity index (χ2v) is 4.72. The maximum atomic E-state index is 5.49. The minimum absolute atomic E-state index is 0.623. The fourth-order valence-corrected chi connectivity index (χ4v) is 2.19. The van der Waals surface area contributed by atoms with E-state index >= 15 is 0 Å². The molecule has 0 aromatic heterocycles. The molecular weight excluding hydrogens is 202 g/mol. The lowest BCUT2D eigenvalue weighted by molar-refractivity contribution is 0.854. The van der Waals surface area contributed by atoms with E-state index in [1.807, 2.05) is 0 Å². The van der Waals surface area contributed by atoms with E-state index in [0.717, 1.165) is 19.3 Å². The summed E-state index contributed by atoms with van der Waals surface area (Å²) in [7, 11) is 0. The molecule has 0 radical (unpaired) electrons. The second kappa shape index (κ2) is 5.26. The highest BCUT2D eigenvalue weighted by Gasteiger charge is 2.03. The summed E-state index contributed by atoms with van der Waals surface area (Å²) in [6.45, 7) is 6.49. The molecule has 1 rings (SSSR count). The van der Waals surface area contributed by atoms with E-state index in [1.54, 1.807) is 0 Å². The third-order valence-electron chi connectivity index (χ3n) is 2.69. The Morgan fingerprint density at radius 2 is 1.73 bits per heavy atom. The van der Waals surface area contributed by atoms with Crippen molar-refractivity contribution in [1.82, 2.24) is 0 Å². The molecule has 0 unspecified atom stereocenters. The Labute approximate surface area is 97.7 Å². The van der Waals surface area contributed by atoms with Crippen molar-refractivity contribution in [3.05, 3.63) is 34.4 Å². The lowest BCUT2D eigenvalue weighted by Gasteiger charge is -2.10. The number of thiocarbonyl (C=S) groups is 1. The lowest BCUT2D eigenvalue weighted by atomic mass is 9.96. The normalized spacial score (nSPS) is 10.3. The van der Waals surface area contributed by atoms with Gasteiger partial charge in [-0.15, -0.1) is 0 Å². The van der Waals surface area contributed by atoms with Gasteiger partial charge in [-0.2, -0.15) is 0 Å². The number of rotatable bonds is 4. The Morgan fingerprint density at radius 3 is 2.20 bits per heavy atom. The van der Waals surface area contributed by atoms with Crippen molar-refractivity contribution < 1.29 is 0 Å². The van der Waals surface area contributed by atoms with E-state index in [2.05, 4.69) is 32.9 Å². The SMILES string of the molecule is Cc1cc(C)c(CCCC(N)=S)c(C)c1. The summed E-state index contributed by atoms with van der Waals surface area (Å²) < 4.78 is 0. The van der Waals surface area contributed by atoms with Crippen molar-refractivity contribution in [1.29, 1.82) is 0 Å². The van der Waals surface area contributed by atoms with Gasteiger partial charge in [-0.05, 0) is 56.7 Å². The predicted octanol–water partition coefficient (Wildman–Crippen LogP) is 3.22. The molecule has 0 atom stereocenters. The third-order valence-corrected chi connectivity index (χ3v) is 2.89. The van der Waals surface area contributed by atoms with Crippen LogP contribution < -0.4 is 5.73 Å². The van der Waals surface area contributed by atoms with Crippen molar-refractivity contribution in [3.8, 4) is 0 Å². The summed E-state index contributed by atoms with van der Waals surface area (Å²) in [5.74, 6) is 0. The van der Waals surface area contributed by atoms with E-state index < -0.39 is 0 Å². The molecule has 0 aliphatic rings. The topological polar surface area (TPSA) is 26.0 Å². The smallest absolute Gasteiger partial charge is 0.0727 e. The van der Waals surface area contributed by atoms with E-state index in [4.69, 9.17) is 18.0 Å². The minimum atomic E-state index is 0.623. The first kappa shape index (κ1) is 12.2. The number of benzene rings is 1. The van der Waals surface area contributed by atoms with Crippen LogP contribution in [0.1, 0.15) is 35.1 Å². The van der Waals surface area contributed by atoms with E-state index in [1.165, 1.54) is 22.3 Å². The predicted molar refractivity (Wildman–Crippen MR) is 70.4 cm³/mol. The minimum Gasteiger partial charge on any atom is -0.393 e. The molecule has 15 heavy (non-hydrogen) atoms. The standard InChI is InChI=1S/C13H19NS/c1-9-7-10(2)12(11(3)8-9)5-4-6-13(14)15/h7-8H,4-6H2,1-3H3,(H2,14,15). The van der Waals surface area contributed by atoms with Crippen molar-refractivity contribution in [3.63, 3.8) is 0 Å². The summed E-state index contributed by atoms with van der Waals surface area (Å²) >= 11 is 4.88. The molecule has 1 aromatic carbocycles. The van der Waals surface area contributed by atoms with Crippen LogP contribution in [0.2, 0.25) is 0 Å². The first-order valence-corrected chi connectivity index (χ1v) is 5.76. The van der Waals surface area contributed by atoms with Gasteiger partial charge in [0, 0.05) is 0 Å². The molecule has 0 bridgehead atoms. The fourth-order valence-electron chi connectivity index (χ4n) is 2.04. The van der Waals surface area contributed by atoms with Gasteiger partial charge in [-0.1, -0.05) is 29.9 Å². The van der Waals surface area contributed by atoms with Gasteiger partial charge in [0.2, 0.25) is 0 Å². The van der Waals surface area contributed by atoms with Crippen molar-refractivity contribution in [2.75, 3.05) is 0 Å². The van der Waals surface area contributed by atoms with Gasteiger partial charge in [0.05, 0.1) is 4.99 Å². The van der Waals surface area contributed by atoms with Gasteiger partial charge in [-0.25, -0.2) is 0 Å². The monoisotopic (exact) mass is 221 g/mol. The Hall–Kier alpha value is -0.890. The average Bonchev–Trinajstić information content (AvgIpc) is 2.08. The Bertz CT molecular complexity index is 346. The van der Waals surface area contributed by atoms with Crippen LogP contribution in [0.4, 0.5) is 0 Å². The molecule has 0 spiro atoms. The Morgan fingerprint density at radius 1 is 1.20 bits per heavy atom. The molecule has 0 aliphatic heterocycles. The molecule has 0 heterocycles. The summed E-state index contributed by atoms with van der Waals surface area (Å²) in [6.07, 6.45) is 2.98. The van der Waals surface area contributed by atoms with Crippen LogP contribution in [0.15, 0.2) is 12.1 Å². The molecule has 82 valence electrons. The molecule has 1 aromatic rings. The largest absolute Gasteiger partial charge is 0.393 e. The van der Waals surface area contributed by atoms with Crippen molar-refractivity contribution >= 4 is 17.2 Å². The highest BCUT2D eigenvalue weighted by atomic mass is 32.1. The second-order valence-electron chi connectivity index (χ2n) is 4.20. The molecule has 0 fully saturated rings. The maximum Gasteiger partial charge on any atom is 0.0727 e. The fraction of sp³-hybridized carbons (Fsp3) is 0.462. The molecular formula is C13H19NS. The number of hydrogen-bond donors (Lipinski definition) is 1. The highest BCUT2D eigenvalue weighted by Crippen LogP contribution is 2.18. The molecule has 2 heteroatoms. The summed E-state index contributed by atoms with van der Waals surface area (Å²) in [5.41, 5.74) is 11.0. The van der Waals surface area contributed by atoms with Crippen molar-refractivity contribution in [2.45, 2.75) is 40.0 Å². The van der Waals surface area contributed by atoms with Crippen LogP contribution in [0.25, 0.3) is 0 Å². The molecule has 0 aliphatic carbocycles. The lowest BCUT2D eigenvalue weighted by Crippen LogP contribution is -2.08. The van der Waals surface area contributed by atoms with Crippen molar-refractivity contribution in [2.24, 2.45) is 5.73 Å². The molecule has 0 amide bonds. The van der Waals surface area contributed by atoms with Crippen LogP contribution in [-0.2, 0) is 6.42 Å².